The Morgan fingerprint density at radius 3 is 1.50 bits per heavy atom. The van der Waals surface area contributed by atoms with E-state index in [2.05, 4.69) is 176 Å². The topological polar surface area (TPSA) is 0 Å². The van der Waals surface area contributed by atoms with Crippen molar-refractivity contribution < 1.29 is 0 Å². The minimum absolute atomic E-state index is 0.450. The quantitative estimate of drug-likeness (QED) is 0.181. The monoisotopic (exact) mass is 584 g/mol. The van der Waals surface area contributed by atoms with E-state index in [0.29, 0.717) is 5.92 Å². The molecule has 0 aliphatic heterocycles. The van der Waals surface area contributed by atoms with Gasteiger partial charge in [0.15, 0.2) is 0 Å². The predicted molar refractivity (Wildman–Crippen MR) is 198 cm³/mol. The van der Waals surface area contributed by atoms with E-state index in [1.807, 2.05) is 0 Å². The van der Waals surface area contributed by atoms with Crippen LogP contribution >= 0.6 is 0 Å². The van der Waals surface area contributed by atoms with Gasteiger partial charge in [-0.25, -0.2) is 0 Å². The minimum Gasteiger partial charge on any atom is -0.0836 e. The average Bonchev–Trinajstić information content (AvgIpc) is 3.13. The molecule has 1 aliphatic carbocycles. The first-order chi connectivity index (χ1) is 22.8. The third kappa shape index (κ3) is 4.54. The SMILES string of the molecule is C1=CCC(c2ccc(-c3ccc4c(-c5ccc6ccccc6c5)c5ccccc5c(-c5ccc6ccccc6c5)c4c3)cc2)C=C1. The minimum atomic E-state index is 0.450. The molecule has 46 heavy (non-hydrogen) atoms. The molecule has 0 spiro atoms. The number of allylic oxidation sites excluding steroid dienone is 4. The molecule has 0 nitrogen and oxygen atoms in total. The first-order valence-electron chi connectivity index (χ1n) is 16.2. The van der Waals surface area contributed by atoms with Gasteiger partial charge in [0.1, 0.15) is 0 Å². The highest BCUT2D eigenvalue weighted by atomic mass is 14.2. The molecule has 9 rings (SSSR count). The molecule has 8 aromatic rings. The molecular weight excluding hydrogens is 553 g/mol. The lowest BCUT2D eigenvalue weighted by Crippen LogP contribution is -1.96. The molecule has 1 unspecified atom stereocenters. The van der Waals surface area contributed by atoms with Crippen molar-refractivity contribution in [1.82, 2.24) is 0 Å². The summed E-state index contributed by atoms with van der Waals surface area (Å²) in [6.07, 6.45) is 9.93. The van der Waals surface area contributed by atoms with Gasteiger partial charge in [0.25, 0.3) is 0 Å². The highest BCUT2D eigenvalue weighted by molar-refractivity contribution is 6.22. The smallest absolute Gasteiger partial charge is 0.00557 e. The molecule has 0 bridgehead atoms. The van der Waals surface area contributed by atoms with E-state index in [0.717, 1.165) is 6.42 Å². The third-order valence-corrected chi connectivity index (χ3v) is 9.75. The molecule has 1 atom stereocenters. The largest absolute Gasteiger partial charge is 0.0836 e. The molecule has 0 saturated heterocycles. The van der Waals surface area contributed by atoms with Crippen molar-refractivity contribution in [2.24, 2.45) is 0 Å². The van der Waals surface area contributed by atoms with Crippen LogP contribution in [0.2, 0.25) is 0 Å². The van der Waals surface area contributed by atoms with Crippen molar-refractivity contribution in [3.63, 3.8) is 0 Å². The summed E-state index contributed by atoms with van der Waals surface area (Å²) in [6.45, 7) is 0. The van der Waals surface area contributed by atoms with Gasteiger partial charge in [-0.3, -0.25) is 0 Å². The van der Waals surface area contributed by atoms with Crippen LogP contribution in [0.4, 0.5) is 0 Å². The van der Waals surface area contributed by atoms with Crippen LogP contribution in [0.15, 0.2) is 176 Å². The number of fused-ring (bicyclic) bond motifs is 4. The lowest BCUT2D eigenvalue weighted by molar-refractivity contribution is 0.854. The van der Waals surface area contributed by atoms with E-state index in [1.54, 1.807) is 0 Å². The van der Waals surface area contributed by atoms with Crippen LogP contribution in [-0.4, -0.2) is 0 Å². The van der Waals surface area contributed by atoms with Gasteiger partial charge in [0, 0.05) is 5.92 Å². The Hall–Kier alpha value is -5.72. The summed E-state index contributed by atoms with van der Waals surface area (Å²) in [4.78, 5) is 0. The molecule has 0 fully saturated rings. The molecule has 0 radical (unpaired) electrons. The van der Waals surface area contributed by atoms with Gasteiger partial charge in [0.05, 0.1) is 0 Å². The summed E-state index contributed by atoms with van der Waals surface area (Å²) in [5.41, 5.74) is 8.92. The fraction of sp³-hybridized carbons (Fsp3) is 0.0435. The van der Waals surface area contributed by atoms with Crippen molar-refractivity contribution in [3.8, 4) is 33.4 Å². The molecule has 0 heteroatoms. The van der Waals surface area contributed by atoms with Crippen molar-refractivity contribution in [3.05, 3.63) is 182 Å². The van der Waals surface area contributed by atoms with E-state index in [-0.39, 0.29) is 0 Å². The zero-order valence-electron chi connectivity index (χ0n) is 25.5. The third-order valence-electron chi connectivity index (χ3n) is 9.75. The fourth-order valence-corrected chi connectivity index (χ4v) is 7.42. The lowest BCUT2D eigenvalue weighted by atomic mass is 9.84. The lowest BCUT2D eigenvalue weighted by Gasteiger charge is -2.19. The predicted octanol–water partition coefficient (Wildman–Crippen LogP) is 12.9. The van der Waals surface area contributed by atoms with Gasteiger partial charge in [-0.2, -0.15) is 0 Å². The van der Waals surface area contributed by atoms with Crippen LogP contribution in [-0.2, 0) is 0 Å². The maximum absolute atomic E-state index is 2.43. The van der Waals surface area contributed by atoms with Crippen LogP contribution in [0.25, 0.3) is 76.5 Å². The molecule has 0 heterocycles. The summed E-state index contributed by atoms with van der Waals surface area (Å²) in [5, 5.41) is 10.1. The van der Waals surface area contributed by atoms with Crippen molar-refractivity contribution in [2.45, 2.75) is 12.3 Å². The van der Waals surface area contributed by atoms with E-state index in [4.69, 9.17) is 0 Å². The normalized spacial score (nSPS) is 14.5. The Bertz CT molecular complexity index is 2490. The Labute approximate surface area is 269 Å². The van der Waals surface area contributed by atoms with Crippen LogP contribution in [0.5, 0.6) is 0 Å². The first-order valence-corrected chi connectivity index (χ1v) is 16.2. The Kier molecular flexibility index (Phi) is 6.39. The van der Waals surface area contributed by atoms with Gasteiger partial charge < -0.3 is 0 Å². The molecule has 0 amide bonds. The Morgan fingerprint density at radius 1 is 0.370 bits per heavy atom. The van der Waals surface area contributed by atoms with E-state index < -0.39 is 0 Å². The van der Waals surface area contributed by atoms with E-state index in [9.17, 15) is 0 Å². The molecule has 0 aromatic heterocycles. The number of hydrogen-bond acceptors (Lipinski definition) is 0. The zero-order valence-corrected chi connectivity index (χ0v) is 25.5. The second-order valence-corrected chi connectivity index (χ2v) is 12.5. The van der Waals surface area contributed by atoms with Gasteiger partial charge in [-0.05, 0) is 107 Å². The van der Waals surface area contributed by atoms with Gasteiger partial charge in [0.2, 0.25) is 0 Å². The number of benzene rings is 8. The average molecular weight is 585 g/mol. The molecule has 8 aromatic carbocycles. The van der Waals surface area contributed by atoms with E-state index in [1.165, 1.54) is 82.0 Å². The van der Waals surface area contributed by atoms with Crippen LogP contribution in [0.1, 0.15) is 17.9 Å². The maximum atomic E-state index is 2.43. The summed E-state index contributed by atoms with van der Waals surface area (Å²) in [5.74, 6) is 0.450. The second-order valence-electron chi connectivity index (χ2n) is 12.5. The summed E-state index contributed by atoms with van der Waals surface area (Å²) in [7, 11) is 0. The summed E-state index contributed by atoms with van der Waals surface area (Å²) >= 11 is 0. The molecular formula is C46H32. The van der Waals surface area contributed by atoms with Gasteiger partial charge in [-0.1, -0.05) is 158 Å². The Morgan fingerprint density at radius 2 is 0.891 bits per heavy atom. The highest BCUT2D eigenvalue weighted by Gasteiger charge is 2.18. The maximum Gasteiger partial charge on any atom is 0.00557 e. The van der Waals surface area contributed by atoms with Gasteiger partial charge >= 0.3 is 0 Å². The summed E-state index contributed by atoms with van der Waals surface area (Å²) < 4.78 is 0. The molecule has 216 valence electrons. The first kappa shape index (κ1) is 26.7. The summed E-state index contributed by atoms with van der Waals surface area (Å²) in [6, 6.07) is 56.4. The van der Waals surface area contributed by atoms with E-state index >= 15 is 0 Å². The number of rotatable bonds is 4. The standard InChI is InChI=1S/C46H32/c1-2-10-31(11-3-1)34-18-20-35(21-19-34)38-26-27-43-44(30-38)46(40-25-23-33-13-5-7-15-37(33)29-40)42-17-9-8-16-41(42)45(43)39-24-22-32-12-4-6-14-36(32)28-39/h1-10,12-31H,11H2. The molecule has 1 aliphatic rings. The van der Waals surface area contributed by atoms with Crippen molar-refractivity contribution in [2.75, 3.05) is 0 Å². The van der Waals surface area contributed by atoms with Crippen molar-refractivity contribution in [1.29, 1.82) is 0 Å². The fourth-order valence-electron chi connectivity index (χ4n) is 7.42. The number of hydrogen-bond donors (Lipinski definition) is 0. The van der Waals surface area contributed by atoms with Crippen LogP contribution < -0.4 is 0 Å². The molecule has 0 saturated carbocycles. The molecule has 0 N–H and O–H groups in total. The zero-order chi connectivity index (χ0) is 30.5. The van der Waals surface area contributed by atoms with Gasteiger partial charge in [-0.15, -0.1) is 0 Å². The Balaban J connectivity index is 1.31. The highest BCUT2D eigenvalue weighted by Crippen LogP contribution is 2.45. The van der Waals surface area contributed by atoms with Crippen LogP contribution in [0, 0.1) is 0 Å². The van der Waals surface area contributed by atoms with Crippen molar-refractivity contribution >= 4 is 43.1 Å². The second kappa shape index (κ2) is 11.0. The van der Waals surface area contributed by atoms with Crippen LogP contribution in [0.3, 0.4) is 0 Å².